The zero-order chi connectivity index (χ0) is 13.9. The lowest BCUT2D eigenvalue weighted by molar-refractivity contribution is -0.127. The number of nitrogens with one attached hydrogen (secondary N) is 1. The third-order valence-electron chi connectivity index (χ3n) is 3.57. The molecule has 2 N–H and O–H groups in total. The van der Waals surface area contributed by atoms with Crippen LogP contribution in [0.15, 0.2) is 18.2 Å². The van der Waals surface area contributed by atoms with Gasteiger partial charge in [-0.15, -0.1) is 0 Å². The summed E-state index contributed by atoms with van der Waals surface area (Å²) in [5.41, 5.74) is 0.338. The van der Waals surface area contributed by atoms with Crippen molar-refractivity contribution in [2.24, 2.45) is 5.41 Å². The van der Waals surface area contributed by atoms with Gasteiger partial charge in [0.1, 0.15) is 11.5 Å². The number of hydrogen-bond acceptors (Lipinski definition) is 4. The van der Waals surface area contributed by atoms with Crippen LogP contribution in [-0.2, 0) is 11.3 Å². The lowest BCUT2D eigenvalue weighted by Crippen LogP contribution is -2.33. The predicted octanol–water partition coefficient (Wildman–Crippen LogP) is 1.09. The molecular weight excluding hydrogens is 246 g/mol. The normalized spacial score (nSPS) is 15.7. The zero-order valence-corrected chi connectivity index (χ0v) is 11.2. The Labute approximate surface area is 112 Å². The number of carbonyl (C=O) groups is 1. The van der Waals surface area contributed by atoms with Gasteiger partial charge in [0.2, 0.25) is 5.91 Å². The maximum Gasteiger partial charge on any atom is 0.228 e. The van der Waals surface area contributed by atoms with E-state index in [1.165, 1.54) is 0 Å². The molecule has 1 aromatic rings. The SMILES string of the molecule is COc1ccc(CNC(=O)C2(CO)CC2)c(OC)c1. The first-order valence-corrected chi connectivity index (χ1v) is 6.25. The van der Waals surface area contributed by atoms with E-state index in [0.29, 0.717) is 18.0 Å². The molecule has 104 valence electrons. The van der Waals surface area contributed by atoms with Crippen LogP contribution in [0.25, 0.3) is 0 Å². The van der Waals surface area contributed by atoms with Crippen molar-refractivity contribution in [3.05, 3.63) is 23.8 Å². The van der Waals surface area contributed by atoms with Crippen molar-refractivity contribution in [2.45, 2.75) is 19.4 Å². The average molecular weight is 265 g/mol. The van der Waals surface area contributed by atoms with Crippen LogP contribution < -0.4 is 14.8 Å². The molecule has 5 nitrogen and oxygen atoms in total. The largest absolute Gasteiger partial charge is 0.497 e. The zero-order valence-electron chi connectivity index (χ0n) is 11.2. The molecule has 0 bridgehead atoms. The average Bonchev–Trinajstić information content (AvgIpc) is 3.25. The third-order valence-corrected chi connectivity index (χ3v) is 3.57. The number of ether oxygens (including phenoxy) is 2. The van der Waals surface area contributed by atoms with E-state index >= 15 is 0 Å². The fourth-order valence-corrected chi connectivity index (χ4v) is 1.97. The van der Waals surface area contributed by atoms with Crippen LogP contribution >= 0.6 is 0 Å². The van der Waals surface area contributed by atoms with E-state index < -0.39 is 5.41 Å². The van der Waals surface area contributed by atoms with E-state index in [-0.39, 0.29) is 12.5 Å². The highest BCUT2D eigenvalue weighted by Crippen LogP contribution is 2.45. The molecule has 0 spiro atoms. The maximum atomic E-state index is 11.9. The minimum absolute atomic E-state index is 0.0847. The molecular formula is C14H19NO4. The summed E-state index contributed by atoms with van der Waals surface area (Å²) in [7, 11) is 3.17. The van der Waals surface area contributed by atoms with Crippen molar-refractivity contribution in [1.29, 1.82) is 0 Å². The van der Waals surface area contributed by atoms with Gasteiger partial charge in [0.25, 0.3) is 0 Å². The van der Waals surface area contributed by atoms with E-state index in [1.54, 1.807) is 20.3 Å². The first-order chi connectivity index (χ1) is 9.15. The molecule has 1 fully saturated rings. The van der Waals surface area contributed by atoms with Gasteiger partial charge >= 0.3 is 0 Å². The van der Waals surface area contributed by atoms with E-state index in [4.69, 9.17) is 9.47 Å². The Morgan fingerprint density at radius 2 is 2.11 bits per heavy atom. The van der Waals surface area contributed by atoms with E-state index in [0.717, 1.165) is 18.4 Å². The number of aliphatic hydroxyl groups excluding tert-OH is 1. The van der Waals surface area contributed by atoms with Crippen LogP contribution in [0.5, 0.6) is 11.5 Å². The van der Waals surface area contributed by atoms with Crippen LogP contribution in [0, 0.1) is 5.41 Å². The molecule has 1 aliphatic carbocycles. The summed E-state index contributed by atoms with van der Waals surface area (Å²) in [6.45, 7) is 0.298. The first kappa shape index (κ1) is 13.7. The fraction of sp³-hybridized carbons (Fsp3) is 0.500. The number of benzene rings is 1. The van der Waals surface area contributed by atoms with Crippen molar-refractivity contribution in [3.8, 4) is 11.5 Å². The maximum absolute atomic E-state index is 11.9. The van der Waals surface area contributed by atoms with E-state index in [2.05, 4.69) is 5.32 Å². The summed E-state index contributed by atoms with van der Waals surface area (Å²) < 4.78 is 10.4. The molecule has 1 amide bonds. The lowest BCUT2D eigenvalue weighted by Gasteiger charge is -2.14. The van der Waals surface area contributed by atoms with Crippen molar-refractivity contribution in [1.82, 2.24) is 5.32 Å². The Balaban J connectivity index is 2.01. The molecule has 0 saturated heterocycles. The molecule has 0 aromatic heterocycles. The minimum Gasteiger partial charge on any atom is -0.497 e. The Morgan fingerprint density at radius 1 is 1.37 bits per heavy atom. The van der Waals surface area contributed by atoms with Crippen molar-refractivity contribution in [3.63, 3.8) is 0 Å². The Hall–Kier alpha value is -1.75. The minimum atomic E-state index is -0.542. The molecule has 2 rings (SSSR count). The van der Waals surface area contributed by atoms with Gasteiger partial charge in [-0.2, -0.15) is 0 Å². The number of amides is 1. The van der Waals surface area contributed by atoms with Crippen molar-refractivity contribution >= 4 is 5.91 Å². The third kappa shape index (κ3) is 2.81. The molecule has 0 unspecified atom stereocenters. The van der Waals surface area contributed by atoms with Crippen molar-refractivity contribution < 1.29 is 19.4 Å². The van der Waals surface area contributed by atoms with Gasteiger partial charge in [-0.25, -0.2) is 0 Å². The van der Waals surface area contributed by atoms with Gasteiger partial charge in [-0.05, 0) is 25.0 Å². The van der Waals surface area contributed by atoms with Crippen LogP contribution in [0.4, 0.5) is 0 Å². The van der Waals surface area contributed by atoms with Gasteiger partial charge < -0.3 is 19.9 Å². The Kier molecular flexibility index (Phi) is 3.95. The van der Waals surface area contributed by atoms with Crippen LogP contribution in [-0.4, -0.2) is 31.8 Å². The standard InChI is InChI=1S/C14H19NO4/c1-18-11-4-3-10(12(7-11)19-2)8-15-13(17)14(9-16)5-6-14/h3-4,7,16H,5-6,8-9H2,1-2H3,(H,15,17). The summed E-state index contributed by atoms with van der Waals surface area (Å²) >= 11 is 0. The molecule has 0 atom stereocenters. The second-order valence-corrected chi connectivity index (χ2v) is 4.80. The lowest BCUT2D eigenvalue weighted by atomic mass is 10.1. The molecule has 19 heavy (non-hydrogen) atoms. The van der Waals surface area contributed by atoms with Crippen molar-refractivity contribution in [2.75, 3.05) is 20.8 Å². The van der Waals surface area contributed by atoms with Crippen LogP contribution in [0.1, 0.15) is 18.4 Å². The number of aliphatic hydroxyl groups is 1. The molecule has 1 aliphatic rings. The van der Waals surface area contributed by atoms with Gasteiger partial charge in [0.15, 0.2) is 0 Å². The van der Waals surface area contributed by atoms with Gasteiger partial charge in [0, 0.05) is 18.2 Å². The molecule has 0 aliphatic heterocycles. The van der Waals surface area contributed by atoms with E-state index in [1.807, 2.05) is 12.1 Å². The monoisotopic (exact) mass is 265 g/mol. The highest BCUT2D eigenvalue weighted by Gasteiger charge is 2.49. The Bertz CT molecular complexity index is 469. The van der Waals surface area contributed by atoms with Gasteiger partial charge in [-0.3, -0.25) is 4.79 Å². The summed E-state index contributed by atoms with van der Waals surface area (Å²) in [4.78, 5) is 11.9. The summed E-state index contributed by atoms with van der Waals surface area (Å²) in [6.07, 6.45) is 1.52. The summed E-state index contributed by atoms with van der Waals surface area (Å²) in [5, 5.41) is 12.0. The number of methoxy groups -OCH3 is 2. The number of carbonyl (C=O) groups excluding carboxylic acids is 1. The second kappa shape index (κ2) is 5.48. The Morgan fingerprint density at radius 3 is 2.63 bits per heavy atom. The summed E-state index contributed by atoms with van der Waals surface area (Å²) in [5.74, 6) is 1.29. The smallest absolute Gasteiger partial charge is 0.228 e. The van der Waals surface area contributed by atoms with Gasteiger partial charge in [0.05, 0.1) is 26.2 Å². The highest BCUT2D eigenvalue weighted by molar-refractivity contribution is 5.85. The second-order valence-electron chi connectivity index (χ2n) is 4.80. The topological polar surface area (TPSA) is 67.8 Å². The molecule has 0 heterocycles. The van der Waals surface area contributed by atoms with Crippen LogP contribution in [0.2, 0.25) is 0 Å². The van der Waals surface area contributed by atoms with E-state index in [9.17, 15) is 9.90 Å². The fourth-order valence-electron chi connectivity index (χ4n) is 1.97. The summed E-state index contributed by atoms with van der Waals surface area (Å²) in [6, 6.07) is 5.46. The number of rotatable bonds is 6. The predicted molar refractivity (Wildman–Crippen MR) is 70.1 cm³/mol. The number of hydrogen-bond donors (Lipinski definition) is 2. The first-order valence-electron chi connectivity index (χ1n) is 6.25. The quantitative estimate of drug-likeness (QED) is 0.808. The van der Waals surface area contributed by atoms with Gasteiger partial charge in [-0.1, -0.05) is 0 Å². The highest BCUT2D eigenvalue weighted by atomic mass is 16.5. The molecule has 1 saturated carbocycles. The molecule has 1 aromatic carbocycles. The molecule has 5 heteroatoms. The molecule has 0 radical (unpaired) electrons. The van der Waals surface area contributed by atoms with Crippen LogP contribution in [0.3, 0.4) is 0 Å².